The van der Waals surface area contributed by atoms with E-state index in [9.17, 15) is 0 Å². The van der Waals surface area contributed by atoms with Gasteiger partial charge in [0.05, 0.1) is 13.2 Å². The quantitative estimate of drug-likeness (QED) is 0.796. The van der Waals surface area contributed by atoms with Gasteiger partial charge in [0.1, 0.15) is 5.75 Å². The molecule has 1 unspecified atom stereocenters. The van der Waals surface area contributed by atoms with Gasteiger partial charge in [-0.1, -0.05) is 6.07 Å². The second kappa shape index (κ2) is 4.07. The van der Waals surface area contributed by atoms with Gasteiger partial charge in [0.2, 0.25) is 0 Å². The Balaban J connectivity index is 2.43. The maximum atomic E-state index is 6.21. The number of methoxy groups -OCH3 is 1. The lowest BCUT2D eigenvalue weighted by Gasteiger charge is -2.36. The van der Waals surface area contributed by atoms with Gasteiger partial charge < -0.3 is 15.8 Å². The first-order chi connectivity index (χ1) is 7.52. The number of ether oxygens (including phenoxy) is 1. The molecule has 0 spiro atoms. The summed E-state index contributed by atoms with van der Waals surface area (Å²) >= 11 is 0. The van der Waals surface area contributed by atoms with Crippen LogP contribution in [-0.2, 0) is 6.42 Å². The molecule has 1 aliphatic rings. The molecule has 0 saturated heterocycles. The third-order valence-electron chi connectivity index (χ3n) is 3.15. The molecule has 1 aliphatic heterocycles. The van der Waals surface area contributed by atoms with Crippen LogP contribution < -0.4 is 15.8 Å². The van der Waals surface area contributed by atoms with Crippen LogP contribution in [-0.4, -0.2) is 19.2 Å². The van der Waals surface area contributed by atoms with Gasteiger partial charge in [-0.05, 0) is 50.1 Å². The molecule has 0 aliphatic carbocycles. The SMILES string of the molecule is COc1ccc2c(c1)C(C(C)(C)N)NCC2. The van der Waals surface area contributed by atoms with E-state index in [1.54, 1.807) is 7.11 Å². The molecular formula is C13H20N2O. The molecule has 0 aromatic heterocycles. The molecule has 0 amide bonds. The van der Waals surface area contributed by atoms with Crippen molar-refractivity contribution < 1.29 is 4.74 Å². The average Bonchev–Trinajstić information content (AvgIpc) is 2.26. The van der Waals surface area contributed by atoms with Gasteiger partial charge in [-0.15, -0.1) is 0 Å². The number of rotatable bonds is 2. The molecule has 0 radical (unpaired) electrons. The van der Waals surface area contributed by atoms with E-state index < -0.39 is 0 Å². The smallest absolute Gasteiger partial charge is 0.119 e. The zero-order valence-electron chi connectivity index (χ0n) is 10.2. The third kappa shape index (κ3) is 2.06. The first-order valence-electron chi connectivity index (χ1n) is 5.71. The topological polar surface area (TPSA) is 47.3 Å². The van der Waals surface area contributed by atoms with Gasteiger partial charge >= 0.3 is 0 Å². The molecule has 2 rings (SSSR count). The summed E-state index contributed by atoms with van der Waals surface area (Å²) in [6.45, 7) is 5.10. The van der Waals surface area contributed by atoms with E-state index in [-0.39, 0.29) is 11.6 Å². The maximum Gasteiger partial charge on any atom is 0.119 e. The normalized spacial score (nSPS) is 20.4. The van der Waals surface area contributed by atoms with Crippen molar-refractivity contribution in [1.82, 2.24) is 5.32 Å². The Bertz CT molecular complexity index is 382. The number of hydrogen-bond donors (Lipinski definition) is 2. The predicted molar refractivity (Wildman–Crippen MR) is 65.7 cm³/mol. The average molecular weight is 220 g/mol. The lowest BCUT2D eigenvalue weighted by Crippen LogP contribution is -2.49. The van der Waals surface area contributed by atoms with Crippen LogP contribution in [0.4, 0.5) is 0 Å². The summed E-state index contributed by atoms with van der Waals surface area (Å²) in [4.78, 5) is 0. The Labute approximate surface area is 97.0 Å². The molecule has 3 N–H and O–H groups in total. The van der Waals surface area contributed by atoms with Crippen LogP contribution >= 0.6 is 0 Å². The summed E-state index contributed by atoms with van der Waals surface area (Å²) in [6.07, 6.45) is 1.06. The molecule has 3 nitrogen and oxygen atoms in total. The number of fused-ring (bicyclic) bond motifs is 1. The Kier molecular flexibility index (Phi) is 2.91. The second-order valence-corrected chi connectivity index (χ2v) is 5.02. The Morgan fingerprint density at radius 2 is 2.19 bits per heavy atom. The standard InChI is InChI=1S/C13H20N2O/c1-13(2,14)12-11-8-10(16-3)5-4-9(11)6-7-15-12/h4-5,8,12,15H,6-7,14H2,1-3H3. The summed E-state index contributed by atoms with van der Waals surface area (Å²) in [6, 6.07) is 6.46. The largest absolute Gasteiger partial charge is 0.497 e. The monoisotopic (exact) mass is 220 g/mol. The fraction of sp³-hybridized carbons (Fsp3) is 0.538. The number of nitrogens with two attached hydrogens (primary N) is 1. The van der Waals surface area contributed by atoms with Crippen molar-refractivity contribution in [2.45, 2.75) is 31.8 Å². The zero-order valence-corrected chi connectivity index (χ0v) is 10.2. The summed E-state index contributed by atoms with van der Waals surface area (Å²) in [7, 11) is 1.70. The van der Waals surface area contributed by atoms with E-state index in [2.05, 4.69) is 31.3 Å². The molecule has 0 bridgehead atoms. The Morgan fingerprint density at radius 1 is 1.44 bits per heavy atom. The van der Waals surface area contributed by atoms with Crippen LogP contribution in [0.3, 0.4) is 0 Å². The van der Waals surface area contributed by atoms with E-state index >= 15 is 0 Å². The number of benzene rings is 1. The third-order valence-corrected chi connectivity index (χ3v) is 3.15. The van der Waals surface area contributed by atoms with Crippen molar-refractivity contribution >= 4 is 0 Å². The highest BCUT2D eigenvalue weighted by molar-refractivity contribution is 5.40. The minimum absolute atomic E-state index is 0.200. The first-order valence-corrected chi connectivity index (χ1v) is 5.71. The van der Waals surface area contributed by atoms with Crippen LogP contribution in [0, 0.1) is 0 Å². The molecule has 16 heavy (non-hydrogen) atoms. The lowest BCUT2D eigenvalue weighted by atomic mass is 9.83. The lowest BCUT2D eigenvalue weighted by molar-refractivity contribution is 0.335. The maximum absolute atomic E-state index is 6.21. The van der Waals surface area contributed by atoms with Gasteiger partial charge in [0, 0.05) is 5.54 Å². The van der Waals surface area contributed by atoms with E-state index in [4.69, 9.17) is 10.5 Å². The predicted octanol–water partition coefficient (Wildman–Crippen LogP) is 1.62. The fourth-order valence-corrected chi connectivity index (χ4v) is 2.32. The summed E-state index contributed by atoms with van der Waals surface area (Å²) in [5.41, 5.74) is 8.60. The van der Waals surface area contributed by atoms with Crippen molar-refractivity contribution in [2.24, 2.45) is 5.73 Å². The minimum Gasteiger partial charge on any atom is -0.497 e. The second-order valence-electron chi connectivity index (χ2n) is 5.02. The number of nitrogens with one attached hydrogen (secondary N) is 1. The first kappa shape index (κ1) is 11.4. The zero-order chi connectivity index (χ0) is 11.8. The van der Waals surface area contributed by atoms with E-state index in [1.807, 2.05) is 6.07 Å². The van der Waals surface area contributed by atoms with Crippen molar-refractivity contribution in [3.63, 3.8) is 0 Å². The van der Waals surface area contributed by atoms with Crippen LogP contribution in [0.5, 0.6) is 5.75 Å². The van der Waals surface area contributed by atoms with E-state index in [1.165, 1.54) is 11.1 Å². The Morgan fingerprint density at radius 3 is 2.81 bits per heavy atom. The molecule has 0 fully saturated rings. The number of hydrogen-bond acceptors (Lipinski definition) is 3. The van der Waals surface area contributed by atoms with Crippen molar-refractivity contribution in [3.05, 3.63) is 29.3 Å². The van der Waals surface area contributed by atoms with Gasteiger partial charge in [-0.3, -0.25) is 0 Å². The molecule has 0 saturated carbocycles. The van der Waals surface area contributed by atoms with Gasteiger partial charge in [0.15, 0.2) is 0 Å². The van der Waals surface area contributed by atoms with Crippen LogP contribution in [0.25, 0.3) is 0 Å². The fourth-order valence-electron chi connectivity index (χ4n) is 2.32. The van der Waals surface area contributed by atoms with Gasteiger partial charge in [0.25, 0.3) is 0 Å². The van der Waals surface area contributed by atoms with Crippen LogP contribution in [0.2, 0.25) is 0 Å². The highest BCUT2D eigenvalue weighted by Crippen LogP contribution is 2.32. The highest BCUT2D eigenvalue weighted by Gasteiger charge is 2.30. The Hall–Kier alpha value is -1.06. The molecule has 1 aromatic carbocycles. The van der Waals surface area contributed by atoms with Crippen LogP contribution in [0.15, 0.2) is 18.2 Å². The molecule has 1 heterocycles. The van der Waals surface area contributed by atoms with Gasteiger partial charge in [-0.25, -0.2) is 0 Å². The minimum atomic E-state index is -0.262. The van der Waals surface area contributed by atoms with E-state index in [0.717, 1.165) is 18.7 Å². The van der Waals surface area contributed by atoms with Crippen molar-refractivity contribution in [3.8, 4) is 5.75 Å². The van der Waals surface area contributed by atoms with Gasteiger partial charge in [-0.2, -0.15) is 0 Å². The molecule has 3 heteroatoms. The molecule has 1 atom stereocenters. The van der Waals surface area contributed by atoms with Crippen molar-refractivity contribution in [1.29, 1.82) is 0 Å². The van der Waals surface area contributed by atoms with E-state index in [0.29, 0.717) is 0 Å². The highest BCUT2D eigenvalue weighted by atomic mass is 16.5. The van der Waals surface area contributed by atoms with Crippen LogP contribution in [0.1, 0.15) is 31.0 Å². The molecule has 1 aromatic rings. The van der Waals surface area contributed by atoms with Crippen molar-refractivity contribution in [2.75, 3.05) is 13.7 Å². The molecular weight excluding hydrogens is 200 g/mol. The summed E-state index contributed by atoms with van der Waals surface area (Å²) in [5.74, 6) is 0.900. The molecule has 88 valence electrons. The summed E-state index contributed by atoms with van der Waals surface area (Å²) < 4.78 is 5.27. The summed E-state index contributed by atoms with van der Waals surface area (Å²) in [5, 5.41) is 3.49.